The molecule has 1 atom stereocenters. The fraction of sp³-hybridized carbons (Fsp3) is 0.500. The number of nitrogens with zero attached hydrogens (tertiary/aromatic N) is 3. The molecule has 1 unspecified atom stereocenters. The number of piperazine rings is 1. The van der Waals surface area contributed by atoms with Gasteiger partial charge in [0.1, 0.15) is 0 Å². The number of aliphatic imine (C=N–C) groups is 1. The number of rotatable bonds is 2. The van der Waals surface area contributed by atoms with Gasteiger partial charge in [-0.2, -0.15) is 4.36 Å². The summed E-state index contributed by atoms with van der Waals surface area (Å²) in [4.78, 5) is 7.22. The highest BCUT2D eigenvalue weighted by molar-refractivity contribution is 7.93. The maximum absolute atomic E-state index is 13.0. The van der Waals surface area contributed by atoms with Crippen LogP contribution in [-0.4, -0.2) is 61.7 Å². The minimum atomic E-state index is -2.55. The van der Waals surface area contributed by atoms with Gasteiger partial charge >= 0.3 is 0 Å². The Hall–Kier alpha value is -1.22. The molecule has 136 valence electrons. The Morgan fingerprint density at radius 3 is 2.29 bits per heavy atom. The van der Waals surface area contributed by atoms with Gasteiger partial charge in [0.2, 0.25) is 5.96 Å². The largest absolute Gasteiger partial charge is 0.493 e. The normalized spacial score (nSPS) is 22.1. The lowest BCUT2D eigenvalue weighted by molar-refractivity contribution is 0.352. The highest BCUT2D eigenvalue weighted by Crippen LogP contribution is 2.39. The van der Waals surface area contributed by atoms with Gasteiger partial charge in [-0.15, -0.1) is 24.8 Å². The van der Waals surface area contributed by atoms with Crippen LogP contribution in [0.3, 0.4) is 0 Å². The maximum atomic E-state index is 13.0. The van der Waals surface area contributed by atoms with Gasteiger partial charge in [-0.05, 0) is 0 Å². The number of hydrogen-bond acceptors (Lipinski definition) is 7. The molecule has 24 heavy (non-hydrogen) atoms. The molecule has 1 fully saturated rings. The van der Waals surface area contributed by atoms with Crippen LogP contribution in [0.2, 0.25) is 0 Å². The van der Waals surface area contributed by atoms with E-state index in [0.29, 0.717) is 28.0 Å². The van der Waals surface area contributed by atoms with Crippen LogP contribution in [0.5, 0.6) is 11.5 Å². The van der Waals surface area contributed by atoms with Crippen molar-refractivity contribution in [2.24, 2.45) is 9.36 Å². The van der Waals surface area contributed by atoms with Crippen molar-refractivity contribution < 1.29 is 13.7 Å². The van der Waals surface area contributed by atoms with Gasteiger partial charge in [0, 0.05) is 44.6 Å². The molecule has 1 aromatic carbocycles. The van der Waals surface area contributed by atoms with Crippen molar-refractivity contribution in [2.75, 3.05) is 46.7 Å². The summed E-state index contributed by atoms with van der Waals surface area (Å²) in [5, 5.41) is 3.28. The summed E-state index contributed by atoms with van der Waals surface area (Å²) in [5.41, 5.74) is 0.633. The van der Waals surface area contributed by atoms with Gasteiger partial charge in [-0.25, -0.2) is 9.20 Å². The highest BCUT2D eigenvalue weighted by atomic mass is 35.5. The zero-order chi connectivity index (χ0) is 15.7. The molecule has 1 saturated heterocycles. The van der Waals surface area contributed by atoms with Gasteiger partial charge in [-0.3, -0.25) is 0 Å². The summed E-state index contributed by atoms with van der Waals surface area (Å²) in [6.45, 7) is 3.36. The Balaban J connectivity index is 0.00000144. The van der Waals surface area contributed by atoms with Crippen molar-refractivity contribution >= 4 is 46.2 Å². The van der Waals surface area contributed by atoms with Crippen LogP contribution < -0.4 is 14.8 Å². The summed E-state index contributed by atoms with van der Waals surface area (Å²) in [6, 6.07) is 3.46. The van der Waals surface area contributed by atoms with Crippen LogP contribution in [0.25, 0.3) is 0 Å². The number of methoxy groups -OCH3 is 2. The molecule has 1 aromatic rings. The maximum Gasteiger partial charge on any atom is 0.234 e. The standard InChI is InChI=1S/C14H20N4O3S.2ClH/c1-20-11-8-10-13(9-12(11)21-2)22(3,19)17-14(16-10)18-6-4-15-5-7-18;;/h8-9,15H,4-7H2,1-3H3;2*1H. The summed E-state index contributed by atoms with van der Waals surface area (Å²) >= 11 is 0. The molecule has 2 heterocycles. The lowest BCUT2D eigenvalue weighted by atomic mass is 10.2. The van der Waals surface area contributed by atoms with E-state index in [4.69, 9.17) is 9.47 Å². The molecule has 3 rings (SSSR count). The fourth-order valence-corrected chi connectivity index (χ4v) is 3.95. The predicted molar refractivity (Wildman–Crippen MR) is 100 cm³/mol. The van der Waals surface area contributed by atoms with Crippen LogP contribution in [0.1, 0.15) is 0 Å². The molecule has 0 bridgehead atoms. The predicted octanol–water partition coefficient (Wildman–Crippen LogP) is 1.91. The molecular weight excluding hydrogens is 375 g/mol. The molecule has 0 saturated carbocycles. The van der Waals surface area contributed by atoms with Gasteiger partial charge in [0.05, 0.1) is 34.5 Å². The average Bonchev–Trinajstić information content (AvgIpc) is 2.53. The van der Waals surface area contributed by atoms with Crippen LogP contribution in [0.15, 0.2) is 26.4 Å². The van der Waals surface area contributed by atoms with E-state index in [-0.39, 0.29) is 24.8 Å². The Kier molecular flexibility index (Phi) is 7.15. The second-order valence-corrected chi connectivity index (χ2v) is 7.45. The molecule has 7 nitrogen and oxygen atoms in total. The Morgan fingerprint density at radius 1 is 1.12 bits per heavy atom. The monoisotopic (exact) mass is 396 g/mol. The summed E-state index contributed by atoms with van der Waals surface area (Å²) < 4.78 is 27.9. The van der Waals surface area contributed by atoms with Crippen LogP contribution in [0, 0.1) is 0 Å². The minimum Gasteiger partial charge on any atom is -0.493 e. The molecule has 1 N–H and O–H groups in total. The number of guanidine groups is 1. The Labute approximate surface area is 154 Å². The second-order valence-electron chi connectivity index (χ2n) is 5.22. The first-order valence-electron chi connectivity index (χ1n) is 7.08. The zero-order valence-corrected chi connectivity index (χ0v) is 16.2. The second kappa shape index (κ2) is 8.24. The number of hydrogen-bond donors (Lipinski definition) is 1. The van der Waals surface area contributed by atoms with E-state index in [1.54, 1.807) is 32.6 Å². The lowest BCUT2D eigenvalue weighted by Gasteiger charge is -2.30. The number of nitrogens with one attached hydrogen (secondary N) is 1. The van der Waals surface area contributed by atoms with Crippen LogP contribution in [-0.2, 0) is 9.73 Å². The van der Waals surface area contributed by atoms with E-state index in [1.165, 1.54) is 0 Å². The molecule has 2 aliphatic rings. The first-order chi connectivity index (χ1) is 10.5. The first-order valence-corrected chi connectivity index (χ1v) is 9.00. The number of halogens is 2. The number of benzene rings is 1. The Morgan fingerprint density at radius 2 is 1.71 bits per heavy atom. The van der Waals surface area contributed by atoms with Crippen molar-refractivity contribution in [3.05, 3.63) is 12.1 Å². The van der Waals surface area contributed by atoms with E-state index >= 15 is 0 Å². The topological polar surface area (TPSA) is 75.5 Å². The molecule has 0 aromatic heterocycles. The third-order valence-electron chi connectivity index (χ3n) is 3.75. The van der Waals surface area contributed by atoms with Gasteiger partial charge in [0.15, 0.2) is 11.5 Å². The van der Waals surface area contributed by atoms with E-state index in [0.717, 1.165) is 26.2 Å². The molecule has 0 spiro atoms. The Bertz CT molecular complexity index is 742. The van der Waals surface area contributed by atoms with Crippen molar-refractivity contribution in [1.29, 1.82) is 0 Å². The van der Waals surface area contributed by atoms with Crippen molar-refractivity contribution in [2.45, 2.75) is 4.90 Å². The summed E-state index contributed by atoms with van der Waals surface area (Å²) in [6.07, 6.45) is 1.63. The molecule has 10 heteroatoms. The van der Waals surface area contributed by atoms with Crippen LogP contribution in [0.4, 0.5) is 5.69 Å². The van der Waals surface area contributed by atoms with Crippen molar-refractivity contribution in [3.63, 3.8) is 0 Å². The summed E-state index contributed by atoms with van der Waals surface area (Å²) in [7, 11) is 0.572. The lowest BCUT2D eigenvalue weighted by Crippen LogP contribution is -2.46. The molecular formula is C14H22Cl2N4O3S. The number of ether oxygens (including phenoxy) is 2. The smallest absolute Gasteiger partial charge is 0.234 e. The third kappa shape index (κ3) is 3.88. The van der Waals surface area contributed by atoms with Gasteiger partial charge < -0.3 is 19.7 Å². The zero-order valence-electron chi connectivity index (χ0n) is 13.8. The SMILES string of the molecule is COc1cc2c(cc1OC)S(C)(=O)=NC(N1CCNCC1)=N2.Cl.Cl. The highest BCUT2D eigenvalue weighted by Gasteiger charge is 2.25. The fourth-order valence-electron chi connectivity index (χ4n) is 2.57. The average molecular weight is 397 g/mol. The van der Waals surface area contributed by atoms with Crippen LogP contribution >= 0.6 is 24.8 Å². The minimum absolute atomic E-state index is 0. The molecule has 0 aliphatic carbocycles. The molecule has 2 aliphatic heterocycles. The molecule has 0 radical (unpaired) electrons. The van der Waals surface area contributed by atoms with E-state index in [1.807, 2.05) is 0 Å². The van der Waals surface area contributed by atoms with Gasteiger partial charge in [0.25, 0.3) is 0 Å². The van der Waals surface area contributed by atoms with E-state index < -0.39 is 9.73 Å². The van der Waals surface area contributed by atoms with Crippen molar-refractivity contribution in [1.82, 2.24) is 10.2 Å². The first kappa shape index (κ1) is 20.8. The van der Waals surface area contributed by atoms with Crippen molar-refractivity contribution in [3.8, 4) is 11.5 Å². The molecule has 0 amide bonds. The third-order valence-corrected chi connectivity index (χ3v) is 5.40. The summed E-state index contributed by atoms with van der Waals surface area (Å²) in [5.74, 6) is 1.64. The van der Waals surface area contributed by atoms with E-state index in [2.05, 4.69) is 19.6 Å². The quantitative estimate of drug-likeness (QED) is 0.825. The van der Waals surface area contributed by atoms with Gasteiger partial charge in [-0.1, -0.05) is 0 Å². The van der Waals surface area contributed by atoms with E-state index in [9.17, 15) is 4.21 Å². The number of fused-ring (bicyclic) bond motifs is 1.